The van der Waals surface area contributed by atoms with Crippen LogP contribution in [0.3, 0.4) is 0 Å². The fraction of sp³-hybridized carbons (Fsp3) is 0.286. The second-order valence-electron chi connectivity index (χ2n) is 5.02. The standard InChI is InChI=1S/C14H17N5O4S/c1-10-9-16-11(2)14(18-10)15-7-8-17-24(22,23)13-5-3-12(4-6-13)19(20)21/h3-6,9,17H,7-8H2,1-2H3,(H,15,18). The first-order valence-corrected chi connectivity index (χ1v) is 8.56. The van der Waals surface area contributed by atoms with Crippen LogP contribution in [0.25, 0.3) is 0 Å². The number of nitro groups is 1. The van der Waals surface area contributed by atoms with E-state index in [1.807, 2.05) is 6.92 Å². The van der Waals surface area contributed by atoms with Crippen molar-refractivity contribution in [1.29, 1.82) is 0 Å². The molecule has 0 fully saturated rings. The van der Waals surface area contributed by atoms with Crippen LogP contribution in [0.2, 0.25) is 0 Å². The minimum atomic E-state index is -3.72. The first kappa shape index (κ1) is 17.8. The van der Waals surface area contributed by atoms with Gasteiger partial charge in [-0.2, -0.15) is 0 Å². The number of nitrogens with zero attached hydrogens (tertiary/aromatic N) is 3. The molecule has 2 N–H and O–H groups in total. The van der Waals surface area contributed by atoms with Gasteiger partial charge in [-0.25, -0.2) is 18.1 Å². The van der Waals surface area contributed by atoms with E-state index in [1.165, 1.54) is 12.1 Å². The summed E-state index contributed by atoms with van der Waals surface area (Å²) < 4.78 is 26.6. The summed E-state index contributed by atoms with van der Waals surface area (Å²) in [5, 5.41) is 13.6. The maximum absolute atomic E-state index is 12.1. The van der Waals surface area contributed by atoms with Gasteiger partial charge in [0.1, 0.15) is 5.82 Å². The number of nitrogens with one attached hydrogen (secondary N) is 2. The molecule has 0 bridgehead atoms. The van der Waals surface area contributed by atoms with Gasteiger partial charge in [0.25, 0.3) is 5.69 Å². The molecule has 0 aliphatic rings. The molecule has 9 nitrogen and oxygen atoms in total. The average Bonchev–Trinajstić information content (AvgIpc) is 2.54. The van der Waals surface area contributed by atoms with E-state index in [0.29, 0.717) is 12.4 Å². The summed E-state index contributed by atoms with van der Waals surface area (Å²) in [5.41, 5.74) is 1.32. The summed E-state index contributed by atoms with van der Waals surface area (Å²) in [6, 6.07) is 4.70. The summed E-state index contributed by atoms with van der Waals surface area (Å²) in [7, 11) is -3.72. The Balaban J connectivity index is 1.93. The second kappa shape index (κ2) is 7.32. The molecule has 10 heteroatoms. The lowest BCUT2D eigenvalue weighted by atomic mass is 10.3. The third-order valence-electron chi connectivity index (χ3n) is 3.14. The zero-order chi connectivity index (χ0) is 17.7. The SMILES string of the molecule is Cc1cnc(C)c(NCCNS(=O)(=O)c2ccc([N+](=O)[O-])cc2)n1. The predicted molar refractivity (Wildman–Crippen MR) is 88.3 cm³/mol. The molecule has 0 aliphatic heterocycles. The van der Waals surface area contributed by atoms with Gasteiger partial charge >= 0.3 is 0 Å². The van der Waals surface area contributed by atoms with Crippen molar-refractivity contribution in [3.63, 3.8) is 0 Å². The molecule has 0 unspecified atom stereocenters. The third-order valence-corrected chi connectivity index (χ3v) is 4.62. The number of hydrogen-bond acceptors (Lipinski definition) is 7. The monoisotopic (exact) mass is 351 g/mol. The lowest BCUT2D eigenvalue weighted by Gasteiger charge is -2.10. The third kappa shape index (κ3) is 4.46. The summed E-state index contributed by atoms with van der Waals surface area (Å²) in [6.07, 6.45) is 1.65. The van der Waals surface area contributed by atoms with Gasteiger partial charge in [-0.1, -0.05) is 0 Å². The molecule has 1 aromatic carbocycles. The molecule has 2 rings (SSSR count). The van der Waals surface area contributed by atoms with E-state index in [0.717, 1.165) is 23.5 Å². The van der Waals surface area contributed by atoms with Crippen LogP contribution >= 0.6 is 0 Å². The largest absolute Gasteiger partial charge is 0.367 e. The van der Waals surface area contributed by atoms with E-state index in [1.54, 1.807) is 13.1 Å². The molecule has 1 aromatic heterocycles. The van der Waals surface area contributed by atoms with Crippen molar-refractivity contribution >= 4 is 21.5 Å². The van der Waals surface area contributed by atoms with Gasteiger partial charge in [0.15, 0.2) is 0 Å². The van der Waals surface area contributed by atoms with Crippen LogP contribution in [0, 0.1) is 24.0 Å². The number of aromatic nitrogens is 2. The highest BCUT2D eigenvalue weighted by Gasteiger charge is 2.15. The Bertz CT molecular complexity index is 837. The van der Waals surface area contributed by atoms with Crippen molar-refractivity contribution < 1.29 is 13.3 Å². The Hall–Kier alpha value is -2.59. The van der Waals surface area contributed by atoms with Crippen LogP contribution in [0.15, 0.2) is 35.4 Å². The molecule has 128 valence electrons. The van der Waals surface area contributed by atoms with Crippen molar-refractivity contribution in [2.45, 2.75) is 18.7 Å². The summed E-state index contributed by atoms with van der Waals surface area (Å²) in [6.45, 7) is 4.07. The number of aryl methyl sites for hydroxylation is 2. The van der Waals surface area contributed by atoms with Crippen molar-refractivity contribution in [3.05, 3.63) is 52.0 Å². The molecule has 0 saturated carbocycles. The highest BCUT2D eigenvalue weighted by atomic mass is 32.2. The maximum atomic E-state index is 12.1. The van der Waals surface area contributed by atoms with Gasteiger partial charge in [-0.15, -0.1) is 0 Å². The summed E-state index contributed by atoms with van der Waals surface area (Å²) >= 11 is 0. The maximum Gasteiger partial charge on any atom is 0.269 e. The van der Waals surface area contributed by atoms with Crippen molar-refractivity contribution in [2.24, 2.45) is 0 Å². The predicted octanol–water partition coefficient (Wildman–Crippen LogP) is 1.39. The molecule has 0 atom stereocenters. The van der Waals surface area contributed by atoms with Gasteiger partial charge in [-0.05, 0) is 26.0 Å². The van der Waals surface area contributed by atoms with Crippen LogP contribution in [-0.2, 0) is 10.0 Å². The fourth-order valence-electron chi connectivity index (χ4n) is 1.90. The van der Waals surface area contributed by atoms with E-state index in [-0.39, 0.29) is 17.1 Å². The summed E-state index contributed by atoms with van der Waals surface area (Å²) in [4.78, 5) is 18.4. The van der Waals surface area contributed by atoms with E-state index in [2.05, 4.69) is 20.0 Å². The Morgan fingerprint density at radius 2 is 1.83 bits per heavy atom. The number of benzene rings is 1. The van der Waals surface area contributed by atoms with E-state index >= 15 is 0 Å². The molecular weight excluding hydrogens is 334 g/mol. The van der Waals surface area contributed by atoms with Crippen molar-refractivity contribution in [3.8, 4) is 0 Å². The van der Waals surface area contributed by atoms with Gasteiger partial charge in [0.05, 0.1) is 21.2 Å². The van der Waals surface area contributed by atoms with Gasteiger partial charge in [0.2, 0.25) is 10.0 Å². The quantitative estimate of drug-likeness (QED) is 0.438. The van der Waals surface area contributed by atoms with E-state index < -0.39 is 14.9 Å². The topological polar surface area (TPSA) is 127 Å². The van der Waals surface area contributed by atoms with Gasteiger partial charge < -0.3 is 5.32 Å². The zero-order valence-electron chi connectivity index (χ0n) is 13.2. The van der Waals surface area contributed by atoms with Crippen LogP contribution in [0.5, 0.6) is 0 Å². The normalized spacial score (nSPS) is 11.2. The smallest absolute Gasteiger partial charge is 0.269 e. The highest BCUT2D eigenvalue weighted by molar-refractivity contribution is 7.89. The molecule has 24 heavy (non-hydrogen) atoms. The van der Waals surface area contributed by atoms with Crippen LogP contribution in [0.4, 0.5) is 11.5 Å². The number of hydrogen-bond donors (Lipinski definition) is 2. The van der Waals surface area contributed by atoms with Crippen molar-refractivity contribution in [2.75, 3.05) is 18.4 Å². The van der Waals surface area contributed by atoms with Crippen LogP contribution in [-0.4, -0.2) is 36.4 Å². The van der Waals surface area contributed by atoms with Crippen LogP contribution < -0.4 is 10.0 Å². The minimum absolute atomic E-state index is 0.0281. The first-order chi connectivity index (χ1) is 11.3. The number of anilines is 1. The highest BCUT2D eigenvalue weighted by Crippen LogP contribution is 2.15. The van der Waals surface area contributed by atoms with Crippen molar-refractivity contribution in [1.82, 2.24) is 14.7 Å². The molecule has 1 heterocycles. The molecule has 0 saturated heterocycles. The van der Waals surface area contributed by atoms with E-state index in [9.17, 15) is 18.5 Å². The Labute approximate surface area is 139 Å². The average molecular weight is 351 g/mol. The number of rotatable bonds is 7. The second-order valence-corrected chi connectivity index (χ2v) is 6.79. The van der Waals surface area contributed by atoms with Crippen LogP contribution in [0.1, 0.15) is 11.4 Å². The lowest BCUT2D eigenvalue weighted by molar-refractivity contribution is -0.384. The summed E-state index contributed by atoms with van der Waals surface area (Å²) in [5.74, 6) is 0.601. The van der Waals surface area contributed by atoms with E-state index in [4.69, 9.17) is 0 Å². The Kier molecular flexibility index (Phi) is 5.42. The minimum Gasteiger partial charge on any atom is -0.367 e. The zero-order valence-corrected chi connectivity index (χ0v) is 14.0. The molecule has 0 spiro atoms. The number of nitro benzene ring substituents is 1. The Morgan fingerprint density at radius 3 is 2.46 bits per heavy atom. The van der Waals surface area contributed by atoms with Gasteiger partial charge in [0, 0.05) is 31.4 Å². The molecule has 0 amide bonds. The fourth-order valence-corrected chi connectivity index (χ4v) is 2.93. The lowest BCUT2D eigenvalue weighted by Crippen LogP contribution is -2.29. The molecule has 0 radical (unpaired) electrons. The molecule has 2 aromatic rings. The number of non-ortho nitro benzene ring substituents is 1. The molecule has 0 aliphatic carbocycles. The Morgan fingerprint density at radius 1 is 1.17 bits per heavy atom. The number of sulfonamides is 1. The first-order valence-electron chi connectivity index (χ1n) is 7.08. The van der Waals surface area contributed by atoms with Gasteiger partial charge in [-0.3, -0.25) is 15.1 Å². The molecular formula is C14H17N5O4S.